The van der Waals surface area contributed by atoms with Gasteiger partial charge >= 0.3 is 5.97 Å². The van der Waals surface area contributed by atoms with Gasteiger partial charge in [0.1, 0.15) is 12.4 Å². The van der Waals surface area contributed by atoms with Crippen LogP contribution < -0.4 is 0 Å². The second-order valence-electron chi connectivity index (χ2n) is 5.49. The van der Waals surface area contributed by atoms with Gasteiger partial charge in [-0.05, 0) is 24.3 Å². The van der Waals surface area contributed by atoms with E-state index in [1.807, 2.05) is 0 Å². The normalized spacial score (nSPS) is 19.1. The molecule has 1 saturated heterocycles. The van der Waals surface area contributed by atoms with E-state index in [2.05, 4.69) is 0 Å². The topological polar surface area (TPSA) is 84.0 Å². The van der Waals surface area contributed by atoms with Gasteiger partial charge in [-0.15, -0.1) is 0 Å². The molecule has 1 heterocycles. The molecule has 1 aromatic rings. The first-order valence-electron chi connectivity index (χ1n) is 7.38. The summed E-state index contributed by atoms with van der Waals surface area (Å²) in [6.45, 7) is 2.91. The van der Waals surface area contributed by atoms with E-state index in [9.17, 15) is 22.4 Å². The predicted molar refractivity (Wildman–Crippen MR) is 83.0 cm³/mol. The third-order valence-electron chi connectivity index (χ3n) is 3.77. The quantitative estimate of drug-likeness (QED) is 0.737. The number of halogens is 1. The Morgan fingerprint density at radius 2 is 1.83 bits per heavy atom. The van der Waals surface area contributed by atoms with Crippen molar-refractivity contribution in [1.29, 1.82) is 0 Å². The number of sulfonamides is 1. The number of benzene rings is 1. The maximum absolute atomic E-state index is 13.0. The first kappa shape index (κ1) is 18.3. The predicted octanol–water partition coefficient (Wildman–Crippen LogP) is 0.610. The second kappa shape index (κ2) is 7.27. The summed E-state index contributed by atoms with van der Waals surface area (Å²) in [7, 11) is -3.89. The minimum atomic E-state index is -3.89. The molecule has 1 fully saturated rings. The van der Waals surface area contributed by atoms with Gasteiger partial charge in [0.05, 0.1) is 10.9 Å². The van der Waals surface area contributed by atoms with Gasteiger partial charge in [0, 0.05) is 33.5 Å². The van der Waals surface area contributed by atoms with Crippen molar-refractivity contribution < 1.29 is 27.1 Å². The number of piperazine rings is 1. The Kier molecular flexibility index (Phi) is 5.55. The van der Waals surface area contributed by atoms with Gasteiger partial charge in [0.15, 0.2) is 0 Å². The molecular weight excluding hydrogens is 339 g/mol. The van der Waals surface area contributed by atoms with E-state index in [4.69, 9.17) is 4.74 Å². The highest BCUT2D eigenvalue weighted by molar-refractivity contribution is 7.89. The Bertz CT molecular complexity index is 720. The maximum Gasteiger partial charge on any atom is 0.302 e. The monoisotopic (exact) mass is 358 g/mol. The molecule has 24 heavy (non-hydrogen) atoms. The SMILES string of the molecule is CC(=O)OCC1CN(C(C)=O)CCN1S(=O)(=O)c1ccc(F)cc1. The van der Waals surface area contributed by atoms with Gasteiger partial charge in [0.2, 0.25) is 15.9 Å². The van der Waals surface area contributed by atoms with Gasteiger partial charge < -0.3 is 9.64 Å². The van der Waals surface area contributed by atoms with Crippen LogP contribution in [-0.4, -0.2) is 61.8 Å². The third-order valence-corrected chi connectivity index (χ3v) is 5.74. The molecule has 132 valence electrons. The van der Waals surface area contributed by atoms with Gasteiger partial charge in [-0.25, -0.2) is 12.8 Å². The zero-order valence-electron chi connectivity index (χ0n) is 13.4. The van der Waals surface area contributed by atoms with E-state index in [-0.39, 0.29) is 37.0 Å². The number of hydrogen-bond donors (Lipinski definition) is 0. The maximum atomic E-state index is 13.0. The summed E-state index contributed by atoms with van der Waals surface area (Å²) < 4.78 is 44.8. The molecule has 2 rings (SSSR count). The largest absolute Gasteiger partial charge is 0.464 e. The van der Waals surface area contributed by atoms with Crippen LogP contribution in [0.4, 0.5) is 4.39 Å². The summed E-state index contributed by atoms with van der Waals surface area (Å²) in [4.78, 5) is 24.1. The summed E-state index contributed by atoms with van der Waals surface area (Å²) in [5.74, 6) is -1.25. The van der Waals surface area contributed by atoms with Crippen LogP contribution in [0.5, 0.6) is 0 Å². The van der Waals surface area contributed by atoms with Crippen molar-refractivity contribution >= 4 is 21.9 Å². The summed E-state index contributed by atoms with van der Waals surface area (Å²) >= 11 is 0. The van der Waals surface area contributed by atoms with Gasteiger partial charge in [-0.2, -0.15) is 4.31 Å². The number of ether oxygens (including phenoxy) is 1. The zero-order chi connectivity index (χ0) is 17.9. The van der Waals surface area contributed by atoms with Crippen LogP contribution in [0, 0.1) is 5.82 Å². The molecule has 0 radical (unpaired) electrons. The van der Waals surface area contributed by atoms with Crippen molar-refractivity contribution in [3.8, 4) is 0 Å². The van der Waals surface area contributed by atoms with Crippen molar-refractivity contribution in [2.75, 3.05) is 26.2 Å². The average Bonchev–Trinajstić information content (AvgIpc) is 2.52. The molecule has 0 aliphatic carbocycles. The molecule has 1 amide bonds. The highest BCUT2D eigenvalue weighted by atomic mass is 32.2. The van der Waals surface area contributed by atoms with E-state index in [0.717, 1.165) is 12.1 Å². The Morgan fingerprint density at radius 1 is 1.21 bits per heavy atom. The highest BCUT2D eigenvalue weighted by Gasteiger charge is 2.37. The molecule has 1 aliphatic heterocycles. The Hall–Kier alpha value is -2.00. The lowest BCUT2D eigenvalue weighted by Crippen LogP contribution is -2.57. The third kappa shape index (κ3) is 4.09. The van der Waals surface area contributed by atoms with Crippen LogP contribution in [0.15, 0.2) is 29.2 Å². The molecule has 1 atom stereocenters. The Labute approximate surface area is 140 Å². The van der Waals surface area contributed by atoms with Crippen molar-refractivity contribution in [3.63, 3.8) is 0 Å². The van der Waals surface area contributed by atoms with E-state index in [0.29, 0.717) is 0 Å². The number of rotatable bonds is 4. The van der Waals surface area contributed by atoms with E-state index in [1.54, 1.807) is 0 Å². The fraction of sp³-hybridized carbons (Fsp3) is 0.467. The zero-order valence-corrected chi connectivity index (χ0v) is 14.3. The van der Waals surface area contributed by atoms with Gasteiger partial charge in [-0.3, -0.25) is 9.59 Å². The molecule has 0 spiro atoms. The van der Waals surface area contributed by atoms with Crippen molar-refractivity contribution in [3.05, 3.63) is 30.1 Å². The molecule has 1 unspecified atom stereocenters. The lowest BCUT2D eigenvalue weighted by atomic mass is 10.2. The molecule has 9 heteroatoms. The van der Waals surface area contributed by atoms with Crippen LogP contribution in [0.25, 0.3) is 0 Å². The van der Waals surface area contributed by atoms with Gasteiger partial charge in [0.25, 0.3) is 0 Å². The fourth-order valence-corrected chi connectivity index (χ4v) is 4.13. The molecule has 0 aromatic heterocycles. The molecule has 1 aromatic carbocycles. The smallest absolute Gasteiger partial charge is 0.302 e. The van der Waals surface area contributed by atoms with Crippen molar-refractivity contribution in [1.82, 2.24) is 9.21 Å². The van der Waals surface area contributed by atoms with Crippen LogP contribution >= 0.6 is 0 Å². The lowest BCUT2D eigenvalue weighted by Gasteiger charge is -2.39. The van der Waals surface area contributed by atoms with E-state index >= 15 is 0 Å². The second-order valence-corrected chi connectivity index (χ2v) is 7.38. The van der Waals surface area contributed by atoms with Crippen LogP contribution in [0.1, 0.15) is 13.8 Å². The fourth-order valence-electron chi connectivity index (χ4n) is 2.53. The van der Waals surface area contributed by atoms with Crippen LogP contribution in [0.3, 0.4) is 0 Å². The molecule has 1 aliphatic rings. The summed E-state index contributed by atoms with van der Waals surface area (Å²) in [6, 6.07) is 3.82. The Morgan fingerprint density at radius 3 is 2.38 bits per heavy atom. The minimum Gasteiger partial charge on any atom is -0.464 e. The molecule has 7 nitrogen and oxygen atoms in total. The molecule has 0 N–H and O–H groups in total. The average molecular weight is 358 g/mol. The summed E-state index contributed by atoms with van der Waals surface area (Å²) in [5, 5.41) is 0. The molecule has 0 saturated carbocycles. The first-order chi connectivity index (χ1) is 11.2. The highest BCUT2D eigenvalue weighted by Crippen LogP contribution is 2.22. The molecule has 0 bridgehead atoms. The molecular formula is C15H19FN2O5S. The Balaban J connectivity index is 2.28. The lowest BCUT2D eigenvalue weighted by molar-refractivity contribution is -0.143. The standard InChI is InChI=1S/C15H19FN2O5S/c1-11(19)17-7-8-18(14(9-17)10-23-12(2)20)24(21,22)15-5-3-13(16)4-6-15/h3-6,14H,7-10H2,1-2H3. The summed E-state index contributed by atoms with van der Waals surface area (Å²) in [5.41, 5.74) is 0. The number of nitrogens with zero attached hydrogens (tertiary/aromatic N) is 2. The number of carbonyl (C=O) groups is 2. The number of carbonyl (C=O) groups excluding carboxylic acids is 2. The van der Waals surface area contributed by atoms with Gasteiger partial charge in [-0.1, -0.05) is 0 Å². The van der Waals surface area contributed by atoms with Crippen LogP contribution in [0.2, 0.25) is 0 Å². The minimum absolute atomic E-state index is 0.0481. The number of esters is 1. The van der Waals surface area contributed by atoms with E-state index < -0.39 is 27.9 Å². The summed E-state index contributed by atoms with van der Waals surface area (Å²) in [6.07, 6.45) is 0. The van der Waals surface area contributed by atoms with Crippen molar-refractivity contribution in [2.24, 2.45) is 0 Å². The first-order valence-corrected chi connectivity index (χ1v) is 8.82. The number of amides is 1. The van der Waals surface area contributed by atoms with Crippen LogP contribution in [-0.2, 0) is 24.3 Å². The van der Waals surface area contributed by atoms with Crippen molar-refractivity contribution in [2.45, 2.75) is 24.8 Å². The number of hydrogen-bond acceptors (Lipinski definition) is 5. The van der Waals surface area contributed by atoms with E-state index in [1.165, 1.54) is 35.2 Å².